The van der Waals surface area contributed by atoms with Gasteiger partial charge in [0, 0.05) is 42.9 Å². The van der Waals surface area contributed by atoms with E-state index in [2.05, 4.69) is 71.1 Å². The van der Waals surface area contributed by atoms with Crippen molar-refractivity contribution in [1.82, 2.24) is 5.32 Å². The first-order valence-electron chi connectivity index (χ1n) is 19.0. The van der Waals surface area contributed by atoms with Crippen molar-refractivity contribution in [1.29, 1.82) is 0 Å². The number of nitrogens with one attached hydrogen (secondary N) is 1. The van der Waals surface area contributed by atoms with Crippen molar-refractivity contribution in [2.24, 2.45) is 45.8 Å². The van der Waals surface area contributed by atoms with E-state index in [0.717, 1.165) is 37.9 Å². The Morgan fingerprint density at radius 3 is 2.44 bits per heavy atom. The van der Waals surface area contributed by atoms with Crippen LogP contribution >= 0.6 is 21.6 Å². The van der Waals surface area contributed by atoms with Crippen molar-refractivity contribution in [2.75, 3.05) is 18.9 Å². The highest BCUT2D eigenvalue weighted by atomic mass is 33.1. The highest BCUT2D eigenvalue weighted by molar-refractivity contribution is 8.76. The molecule has 4 aliphatic carbocycles. The molecule has 0 radical (unpaired) electrons. The fraction of sp³-hybridized carbons (Fsp3) is 0.800. The number of hydrogen-bond donors (Lipinski definition) is 5. The molecule has 4 aliphatic rings. The van der Waals surface area contributed by atoms with E-state index in [1.165, 1.54) is 10.5 Å². The van der Waals surface area contributed by atoms with Crippen LogP contribution in [0.25, 0.3) is 0 Å². The highest BCUT2D eigenvalue weighted by Crippen LogP contribution is 2.69. The SMILES string of the molecule is C[C@@H](CCC(=O)O)[C@H]1CC[C@@H]2[C@@H]3[C@@H](C[C@@H](O)[C@]21C)[C@]1(C)CC[C@H](OCCNC(=O)CCSSc2ccc(CC(C)(C)C)cc2)C[C@]1(O)C[C@@H]3O. The summed E-state index contributed by atoms with van der Waals surface area (Å²) < 4.78 is 6.22. The molecule has 0 spiro atoms. The number of hydrogen-bond acceptors (Lipinski definition) is 8. The van der Waals surface area contributed by atoms with Gasteiger partial charge in [-0.2, -0.15) is 0 Å². The van der Waals surface area contributed by atoms with Gasteiger partial charge in [0.05, 0.1) is 30.5 Å². The van der Waals surface area contributed by atoms with E-state index in [9.17, 15) is 30.0 Å². The molecule has 0 aliphatic heterocycles. The Hall–Kier alpha value is -1.30. The maximum atomic E-state index is 12.5. The molecule has 0 saturated heterocycles. The monoisotopic (exact) mass is 733 g/mol. The predicted molar refractivity (Wildman–Crippen MR) is 201 cm³/mol. The van der Waals surface area contributed by atoms with Crippen LogP contribution in [0.3, 0.4) is 0 Å². The third-order valence-electron chi connectivity index (χ3n) is 13.4. The molecule has 50 heavy (non-hydrogen) atoms. The summed E-state index contributed by atoms with van der Waals surface area (Å²) in [6.45, 7) is 14.0. The molecular formula is C40H63NO7S2. The lowest BCUT2D eigenvalue weighted by molar-refractivity contribution is -0.266. The minimum absolute atomic E-state index is 0.00139. The number of carbonyl (C=O) groups excluding carboxylic acids is 1. The molecule has 5 rings (SSSR count). The van der Waals surface area contributed by atoms with Crippen molar-refractivity contribution in [3.63, 3.8) is 0 Å². The van der Waals surface area contributed by atoms with E-state index in [1.54, 1.807) is 21.6 Å². The number of aliphatic hydroxyl groups is 3. The summed E-state index contributed by atoms with van der Waals surface area (Å²) in [4.78, 5) is 24.9. The van der Waals surface area contributed by atoms with E-state index in [1.807, 2.05) is 0 Å². The Labute approximate surface area is 308 Å². The lowest BCUT2D eigenvalue weighted by atomic mass is 9.41. The van der Waals surface area contributed by atoms with E-state index in [0.29, 0.717) is 45.3 Å². The minimum atomic E-state index is -1.10. The van der Waals surface area contributed by atoms with Gasteiger partial charge in [0.1, 0.15) is 0 Å². The number of carboxylic acids is 1. The number of aliphatic hydroxyl groups excluding tert-OH is 2. The lowest BCUT2D eigenvalue weighted by Gasteiger charge is -2.66. The largest absolute Gasteiger partial charge is 0.481 e. The maximum absolute atomic E-state index is 12.5. The van der Waals surface area contributed by atoms with Gasteiger partial charge in [-0.3, -0.25) is 9.59 Å². The normalized spacial score (nSPS) is 37.3. The van der Waals surface area contributed by atoms with Gasteiger partial charge in [0.25, 0.3) is 0 Å². The Morgan fingerprint density at radius 1 is 1.04 bits per heavy atom. The van der Waals surface area contributed by atoms with Gasteiger partial charge in [-0.25, -0.2) is 0 Å². The number of carbonyl (C=O) groups is 2. The molecule has 5 N–H and O–H groups in total. The predicted octanol–water partition coefficient (Wildman–Crippen LogP) is 7.12. The Bertz CT molecular complexity index is 1320. The molecule has 0 unspecified atom stereocenters. The second-order valence-electron chi connectivity index (χ2n) is 17.8. The minimum Gasteiger partial charge on any atom is -0.481 e. The van der Waals surface area contributed by atoms with Crippen LogP contribution in [-0.4, -0.2) is 75.1 Å². The van der Waals surface area contributed by atoms with Gasteiger partial charge in [-0.05, 0) is 108 Å². The Kier molecular flexibility index (Phi) is 12.7. The molecule has 1 aromatic carbocycles. The maximum Gasteiger partial charge on any atom is 0.303 e. The molecule has 4 saturated carbocycles. The standard InChI is InChI=1S/C40H63NO7S2/c1-25(7-14-35(45)46)29-12-13-30-36-31(21-33(43)39(29,30)6)38(5)17-15-27(23-40(38,47)24-32(36)42)48-19-18-41-34(44)16-20-49-50-28-10-8-26(9-11-28)22-37(2,3)4/h8-11,25,27,29-33,36,42-43,47H,7,12-24H2,1-6H3,(H,41,44)(H,45,46)/t25-,27-,29+,30+,31+,32-,33+,36+,38-,39-,40-/m0/s1. The first-order chi connectivity index (χ1) is 23.5. The number of amides is 1. The van der Waals surface area contributed by atoms with Crippen LogP contribution in [-0.2, 0) is 20.7 Å². The third kappa shape index (κ3) is 8.57. The van der Waals surface area contributed by atoms with Crippen molar-refractivity contribution in [3.05, 3.63) is 29.8 Å². The average molecular weight is 734 g/mol. The van der Waals surface area contributed by atoms with Crippen LogP contribution in [0, 0.1) is 45.8 Å². The summed E-state index contributed by atoms with van der Waals surface area (Å²) in [6.07, 6.45) is 5.56. The van der Waals surface area contributed by atoms with Crippen LogP contribution in [0.2, 0.25) is 0 Å². The van der Waals surface area contributed by atoms with Gasteiger partial charge < -0.3 is 30.5 Å². The molecule has 8 nitrogen and oxygen atoms in total. The number of rotatable bonds is 14. The van der Waals surface area contributed by atoms with Crippen molar-refractivity contribution < 1.29 is 34.8 Å². The van der Waals surface area contributed by atoms with Crippen LogP contribution in [0.5, 0.6) is 0 Å². The number of benzene rings is 1. The summed E-state index contributed by atoms with van der Waals surface area (Å²) in [5.41, 5.74) is -0.299. The molecule has 1 amide bonds. The summed E-state index contributed by atoms with van der Waals surface area (Å²) >= 11 is 0. The van der Waals surface area contributed by atoms with Gasteiger partial charge in [0.2, 0.25) is 5.91 Å². The lowest BCUT2D eigenvalue weighted by Crippen LogP contribution is -2.68. The van der Waals surface area contributed by atoms with E-state index in [-0.39, 0.29) is 58.9 Å². The van der Waals surface area contributed by atoms with Crippen molar-refractivity contribution in [3.8, 4) is 0 Å². The molecule has 0 bridgehead atoms. The topological polar surface area (TPSA) is 136 Å². The number of aliphatic carboxylic acids is 1. The zero-order valence-corrected chi connectivity index (χ0v) is 32.8. The quantitative estimate of drug-likeness (QED) is 0.100. The Balaban J connectivity index is 1.06. The van der Waals surface area contributed by atoms with Crippen molar-refractivity contribution in [2.45, 2.75) is 141 Å². The van der Waals surface area contributed by atoms with E-state index in [4.69, 9.17) is 4.74 Å². The summed E-state index contributed by atoms with van der Waals surface area (Å²) in [6, 6.07) is 8.69. The molecule has 10 heteroatoms. The first-order valence-corrected chi connectivity index (χ1v) is 21.4. The van der Waals surface area contributed by atoms with Crippen LogP contribution < -0.4 is 5.32 Å². The molecular weight excluding hydrogens is 671 g/mol. The van der Waals surface area contributed by atoms with Gasteiger partial charge in [-0.15, -0.1) is 0 Å². The smallest absolute Gasteiger partial charge is 0.303 e. The van der Waals surface area contributed by atoms with Crippen LogP contribution in [0.15, 0.2) is 29.2 Å². The zero-order valence-electron chi connectivity index (χ0n) is 31.2. The summed E-state index contributed by atoms with van der Waals surface area (Å²) in [5.74, 6) is 0.494. The van der Waals surface area contributed by atoms with E-state index >= 15 is 0 Å². The highest BCUT2D eigenvalue weighted by Gasteiger charge is 2.69. The summed E-state index contributed by atoms with van der Waals surface area (Å²) in [5, 5.41) is 48.0. The summed E-state index contributed by atoms with van der Waals surface area (Å²) in [7, 11) is 3.38. The van der Waals surface area contributed by atoms with Gasteiger partial charge >= 0.3 is 5.97 Å². The molecule has 0 aromatic heterocycles. The Morgan fingerprint density at radius 2 is 1.76 bits per heavy atom. The van der Waals surface area contributed by atoms with Gasteiger partial charge in [0.15, 0.2) is 0 Å². The number of carboxylic acid groups (broad SMARTS) is 1. The third-order valence-corrected chi connectivity index (χ3v) is 15.8. The molecule has 0 heterocycles. The average Bonchev–Trinajstić information content (AvgIpc) is 3.39. The fourth-order valence-electron chi connectivity index (χ4n) is 10.9. The molecule has 4 fully saturated rings. The van der Waals surface area contributed by atoms with Gasteiger partial charge in [-0.1, -0.05) is 75.3 Å². The number of fused-ring (bicyclic) bond motifs is 5. The molecule has 1 aromatic rings. The van der Waals surface area contributed by atoms with Crippen LogP contribution in [0.4, 0.5) is 0 Å². The zero-order chi connectivity index (χ0) is 36.5. The fourth-order valence-corrected chi connectivity index (χ4v) is 12.8. The number of ether oxygens (including phenoxy) is 1. The second kappa shape index (κ2) is 16.0. The van der Waals surface area contributed by atoms with Crippen LogP contribution in [0.1, 0.15) is 111 Å². The molecule has 11 atom stereocenters. The van der Waals surface area contributed by atoms with Crippen molar-refractivity contribution >= 4 is 33.5 Å². The second-order valence-corrected chi connectivity index (χ2v) is 20.3. The molecule has 282 valence electrons. The first kappa shape index (κ1) is 39.9. The van der Waals surface area contributed by atoms with E-state index < -0.39 is 29.2 Å².